The van der Waals surface area contributed by atoms with Crippen LogP contribution in [0.15, 0.2) is 60.9 Å². The van der Waals surface area contributed by atoms with Gasteiger partial charge in [-0.3, -0.25) is 4.79 Å². The second-order valence-electron chi connectivity index (χ2n) is 3.98. The fraction of sp³-hybridized carbons (Fsp3) is 0.267. The number of hydrogen-bond acceptors (Lipinski definition) is 1. The van der Waals surface area contributed by atoms with Gasteiger partial charge in [-0.05, 0) is 23.6 Å². The molecule has 92 valence electrons. The Bertz CT molecular complexity index is 370. The number of allylic oxidation sites excluding steroid dienone is 7. The van der Waals surface area contributed by atoms with Gasteiger partial charge in [0, 0.05) is 12.6 Å². The predicted octanol–water partition coefficient (Wildman–Crippen LogP) is 3.52. The summed E-state index contributed by atoms with van der Waals surface area (Å²) in [6.45, 7) is 13.1. The van der Waals surface area contributed by atoms with Gasteiger partial charge < -0.3 is 5.32 Å². The van der Waals surface area contributed by atoms with Crippen LogP contribution in [0, 0.1) is 5.92 Å². The van der Waals surface area contributed by atoms with Crippen molar-refractivity contribution in [2.45, 2.75) is 20.8 Å². The van der Waals surface area contributed by atoms with Crippen LogP contribution >= 0.6 is 0 Å². The molecule has 0 atom stereocenters. The van der Waals surface area contributed by atoms with Crippen molar-refractivity contribution in [3.05, 3.63) is 60.9 Å². The van der Waals surface area contributed by atoms with E-state index in [0.717, 1.165) is 5.57 Å². The highest BCUT2D eigenvalue weighted by molar-refractivity contribution is 5.75. The molecule has 0 rings (SSSR count). The van der Waals surface area contributed by atoms with Gasteiger partial charge in [-0.2, -0.15) is 0 Å². The summed E-state index contributed by atoms with van der Waals surface area (Å²) in [6, 6.07) is 0. The molecule has 17 heavy (non-hydrogen) atoms. The Morgan fingerprint density at radius 2 is 1.82 bits per heavy atom. The van der Waals surface area contributed by atoms with Crippen LogP contribution in [0.4, 0.5) is 0 Å². The highest BCUT2D eigenvalue weighted by Crippen LogP contribution is 2.04. The maximum absolute atomic E-state index is 10.9. The average molecular weight is 231 g/mol. The zero-order valence-electron chi connectivity index (χ0n) is 10.9. The second-order valence-corrected chi connectivity index (χ2v) is 3.98. The summed E-state index contributed by atoms with van der Waals surface area (Å²) in [6.07, 6.45) is 11.2. The van der Waals surface area contributed by atoms with Crippen molar-refractivity contribution in [3.63, 3.8) is 0 Å². The molecular weight excluding hydrogens is 210 g/mol. The minimum atomic E-state index is -0.109. The largest absolute Gasteiger partial charge is 0.326 e. The molecule has 0 saturated heterocycles. The zero-order valence-corrected chi connectivity index (χ0v) is 10.9. The lowest BCUT2D eigenvalue weighted by molar-refractivity contribution is -0.118. The summed E-state index contributed by atoms with van der Waals surface area (Å²) < 4.78 is 0. The van der Waals surface area contributed by atoms with Crippen LogP contribution in [0.5, 0.6) is 0 Å². The van der Waals surface area contributed by atoms with Gasteiger partial charge in [0.2, 0.25) is 5.91 Å². The number of rotatable bonds is 6. The molecule has 0 unspecified atom stereocenters. The van der Waals surface area contributed by atoms with Gasteiger partial charge in [0.25, 0.3) is 0 Å². The number of carbonyl (C=O) groups is 1. The number of nitrogens with one attached hydrogen (secondary N) is 1. The summed E-state index contributed by atoms with van der Waals surface area (Å²) in [5.74, 6) is 0.388. The molecule has 0 spiro atoms. The van der Waals surface area contributed by atoms with Crippen molar-refractivity contribution in [2.75, 3.05) is 0 Å². The van der Waals surface area contributed by atoms with E-state index in [1.165, 1.54) is 6.92 Å². The lowest BCUT2D eigenvalue weighted by Gasteiger charge is -2.00. The van der Waals surface area contributed by atoms with Crippen LogP contribution in [-0.2, 0) is 4.79 Å². The van der Waals surface area contributed by atoms with E-state index in [1.807, 2.05) is 12.2 Å². The molecule has 0 aromatic rings. The van der Waals surface area contributed by atoms with E-state index < -0.39 is 0 Å². The summed E-state index contributed by atoms with van der Waals surface area (Å²) in [5, 5.41) is 2.68. The Labute approximate surface area is 104 Å². The monoisotopic (exact) mass is 231 g/mol. The first-order valence-electron chi connectivity index (χ1n) is 5.62. The number of hydrogen-bond donors (Lipinski definition) is 1. The van der Waals surface area contributed by atoms with Gasteiger partial charge in [0.05, 0.1) is 0 Å². The zero-order chi connectivity index (χ0) is 13.3. The van der Waals surface area contributed by atoms with Gasteiger partial charge in [-0.1, -0.05) is 51.3 Å². The Kier molecular flexibility index (Phi) is 7.44. The standard InChI is InChI=1S/C15H21NO/c1-6-14(9-8-12(3)4)10-11-15(7-2)16-13(5)17/h6-12H,1-2H2,3-5H3,(H,16,17)/b9-8+,14-10+,15-11+. The lowest BCUT2D eigenvalue weighted by atomic mass is 10.1. The smallest absolute Gasteiger partial charge is 0.221 e. The third-order valence-electron chi connectivity index (χ3n) is 1.90. The molecule has 0 aliphatic carbocycles. The molecule has 2 heteroatoms. The van der Waals surface area contributed by atoms with Crippen molar-refractivity contribution in [2.24, 2.45) is 5.92 Å². The fourth-order valence-electron chi connectivity index (χ4n) is 1.05. The summed E-state index contributed by atoms with van der Waals surface area (Å²) in [4.78, 5) is 10.9. The van der Waals surface area contributed by atoms with Gasteiger partial charge in [0.15, 0.2) is 0 Å². The molecule has 0 aliphatic rings. The van der Waals surface area contributed by atoms with E-state index in [4.69, 9.17) is 0 Å². The summed E-state index contributed by atoms with van der Waals surface area (Å²) >= 11 is 0. The molecule has 2 nitrogen and oxygen atoms in total. The maximum Gasteiger partial charge on any atom is 0.221 e. The van der Waals surface area contributed by atoms with Crippen molar-refractivity contribution >= 4 is 5.91 Å². The minimum absolute atomic E-state index is 0.109. The molecule has 0 aliphatic heterocycles. The van der Waals surface area contributed by atoms with Gasteiger partial charge in [-0.15, -0.1) is 0 Å². The fourth-order valence-corrected chi connectivity index (χ4v) is 1.05. The topological polar surface area (TPSA) is 29.1 Å². The van der Waals surface area contributed by atoms with Crippen molar-refractivity contribution in [1.82, 2.24) is 5.32 Å². The molecular formula is C15H21NO. The first kappa shape index (κ1) is 15.2. The summed E-state index contributed by atoms with van der Waals surface area (Å²) in [7, 11) is 0. The molecule has 0 radical (unpaired) electrons. The van der Waals surface area contributed by atoms with Crippen LogP contribution in [0.2, 0.25) is 0 Å². The third kappa shape index (κ3) is 8.03. The van der Waals surface area contributed by atoms with E-state index in [9.17, 15) is 4.79 Å². The molecule has 0 heterocycles. The van der Waals surface area contributed by atoms with Crippen LogP contribution in [0.25, 0.3) is 0 Å². The molecule has 0 bridgehead atoms. The predicted molar refractivity (Wildman–Crippen MR) is 74.4 cm³/mol. The average Bonchev–Trinajstić information content (AvgIpc) is 2.26. The van der Waals surface area contributed by atoms with Crippen LogP contribution < -0.4 is 5.32 Å². The van der Waals surface area contributed by atoms with E-state index >= 15 is 0 Å². The Morgan fingerprint density at radius 3 is 2.24 bits per heavy atom. The number of carbonyl (C=O) groups excluding carboxylic acids is 1. The van der Waals surface area contributed by atoms with Gasteiger partial charge >= 0.3 is 0 Å². The van der Waals surface area contributed by atoms with E-state index in [0.29, 0.717) is 11.6 Å². The second kappa shape index (κ2) is 8.34. The van der Waals surface area contributed by atoms with E-state index in [2.05, 4.69) is 38.4 Å². The normalized spacial score (nSPS) is 12.9. The first-order valence-corrected chi connectivity index (χ1v) is 5.62. The Balaban J connectivity index is 4.82. The van der Waals surface area contributed by atoms with Crippen molar-refractivity contribution in [1.29, 1.82) is 0 Å². The molecule has 0 fully saturated rings. The molecule has 0 aromatic carbocycles. The quantitative estimate of drug-likeness (QED) is 0.696. The van der Waals surface area contributed by atoms with Crippen molar-refractivity contribution < 1.29 is 4.79 Å². The van der Waals surface area contributed by atoms with Gasteiger partial charge in [-0.25, -0.2) is 0 Å². The van der Waals surface area contributed by atoms with Crippen LogP contribution in [0.1, 0.15) is 20.8 Å². The van der Waals surface area contributed by atoms with E-state index in [1.54, 1.807) is 18.2 Å². The first-order chi connectivity index (χ1) is 7.99. The lowest BCUT2D eigenvalue weighted by Crippen LogP contribution is -2.17. The Hall–Kier alpha value is -1.83. The highest BCUT2D eigenvalue weighted by Gasteiger charge is 1.93. The molecule has 1 N–H and O–H groups in total. The molecule has 0 saturated carbocycles. The van der Waals surface area contributed by atoms with Gasteiger partial charge in [0.1, 0.15) is 0 Å². The maximum atomic E-state index is 10.9. The molecule has 0 aromatic heterocycles. The van der Waals surface area contributed by atoms with Crippen LogP contribution in [0.3, 0.4) is 0 Å². The molecule has 1 amide bonds. The highest BCUT2D eigenvalue weighted by atomic mass is 16.1. The Morgan fingerprint density at radius 1 is 1.18 bits per heavy atom. The minimum Gasteiger partial charge on any atom is -0.326 e. The third-order valence-corrected chi connectivity index (χ3v) is 1.90. The van der Waals surface area contributed by atoms with Crippen LogP contribution in [-0.4, -0.2) is 5.91 Å². The van der Waals surface area contributed by atoms with E-state index in [-0.39, 0.29) is 5.91 Å². The summed E-state index contributed by atoms with van der Waals surface area (Å²) in [5.41, 5.74) is 1.66. The number of amides is 1. The SMILES string of the molecule is C=CC(/C=C/C(C)C)=C\C=C(/C=C)NC(C)=O. The van der Waals surface area contributed by atoms with Crippen molar-refractivity contribution in [3.8, 4) is 0 Å².